The van der Waals surface area contributed by atoms with E-state index in [4.69, 9.17) is 18.9 Å². The third-order valence-electron chi connectivity index (χ3n) is 5.84. The maximum absolute atomic E-state index is 13.5. The molecule has 10 nitrogen and oxygen atoms in total. The number of methoxy groups -OCH3 is 4. The van der Waals surface area contributed by atoms with E-state index in [1.807, 2.05) is 18.2 Å². The van der Waals surface area contributed by atoms with Gasteiger partial charge in [0.1, 0.15) is 39.8 Å². The molecule has 0 aliphatic rings. The zero-order valence-electron chi connectivity index (χ0n) is 22.4. The number of carbonyl (C=O) groups excluding carboxylic acids is 2. The number of carbonyl (C=O) groups is 2. The second-order valence-corrected chi connectivity index (χ2v) is 8.25. The van der Waals surface area contributed by atoms with Gasteiger partial charge in [0.15, 0.2) is 0 Å². The molecule has 0 bridgehead atoms. The zero-order chi connectivity index (χ0) is 28.5. The van der Waals surface area contributed by atoms with Gasteiger partial charge in [-0.25, -0.2) is 0 Å². The minimum absolute atomic E-state index is 0.201. The molecule has 0 fully saturated rings. The average molecular weight is 541 g/mol. The Hall–Kier alpha value is -5.38. The summed E-state index contributed by atoms with van der Waals surface area (Å²) in [5, 5.41) is 14.3. The van der Waals surface area contributed by atoms with Gasteiger partial charge in [0.25, 0.3) is 11.8 Å². The number of nitrogens with one attached hydrogen (secondary N) is 2. The molecular formula is C30H28N4O6. The number of hydrogen-bond acceptors (Lipinski definition) is 8. The van der Waals surface area contributed by atoms with E-state index in [-0.39, 0.29) is 11.1 Å². The Morgan fingerprint density at radius 1 is 0.575 bits per heavy atom. The molecule has 2 amide bonds. The normalized spacial score (nSPS) is 10.6. The van der Waals surface area contributed by atoms with E-state index in [1.54, 1.807) is 66.7 Å². The smallest absolute Gasteiger partial charge is 0.263 e. The monoisotopic (exact) mass is 540 g/mol. The third-order valence-corrected chi connectivity index (χ3v) is 5.84. The fraction of sp³-hybridized carbons (Fsp3) is 0.133. The Morgan fingerprint density at radius 3 is 1.57 bits per heavy atom. The van der Waals surface area contributed by atoms with Crippen LogP contribution in [-0.2, 0) is 0 Å². The molecular weight excluding hydrogens is 512 g/mol. The number of amides is 2. The molecule has 0 atom stereocenters. The van der Waals surface area contributed by atoms with E-state index < -0.39 is 11.8 Å². The van der Waals surface area contributed by atoms with Gasteiger partial charge in [0.05, 0.1) is 39.8 Å². The largest absolute Gasteiger partial charge is 0.496 e. The second kappa shape index (κ2) is 12.9. The molecule has 0 heterocycles. The first-order valence-corrected chi connectivity index (χ1v) is 12.1. The molecule has 0 saturated carbocycles. The zero-order valence-corrected chi connectivity index (χ0v) is 22.4. The summed E-state index contributed by atoms with van der Waals surface area (Å²) in [6.45, 7) is 0. The van der Waals surface area contributed by atoms with E-state index in [0.717, 1.165) is 0 Å². The van der Waals surface area contributed by atoms with Crippen molar-refractivity contribution in [3.05, 3.63) is 96.1 Å². The van der Waals surface area contributed by atoms with Crippen LogP contribution < -0.4 is 29.6 Å². The maximum atomic E-state index is 13.5. The van der Waals surface area contributed by atoms with Crippen molar-refractivity contribution in [3.63, 3.8) is 0 Å². The Balaban J connectivity index is 1.72. The molecule has 0 spiro atoms. The molecule has 4 aromatic carbocycles. The van der Waals surface area contributed by atoms with Gasteiger partial charge in [0, 0.05) is 5.69 Å². The van der Waals surface area contributed by atoms with E-state index in [9.17, 15) is 9.59 Å². The minimum Gasteiger partial charge on any atom is -0.496 e. The Bertz CT molecular complexity index is 1490. The molecule has 0 unspecified atom stereocenters. The number of ether oxygens (including phenoxy) is 4. The Kier molecular flexibility index (Phi) is 8.93. The molecule has 4 rings (SSSR count). The van der Waals surface area contributed by atoms with Gasteiger partial charge in [-0.1, -0.05) is 30.3 Å². The lowest BCUT2D eigenvalue weighted by atomic mass is 10.1. The van der Waals surface area contributed by atoms with Crippen LogP contribution in [0.2, 0.25) is 0 Å². The lowest BCUT2D eigenvalue weighted by Crippen LogP contribution is -2.16. The van der Waals surface area contributed by atoms with Crippen LogP contribution in [0.1, 0.15) is 20.7 Å². The summed E-state index contributed by atoms with van der Waals surface area (Å²) in [6, 6.07) is 24.1. The first kappa shape index (κ1) is 27.6. The number of benzene rings is 4. The fourth-order valence-electron chi connectivity index (χ4n) is 3.94. The summed E-state index contributed by atoms with van der Waals surface area (Å²) in [5.74, 6) is 0.398. The fourth-order valence-corrected chi connectivity index (χ4v) is 3.94. The standard InChI is InChI=1S/C30H28N4O6/c1-37-23-12-8-13-24(38-2)27(23)29(35)31-20-16-17-21(34-33-19-10-6-5-7-11-19)22(18-20)32-30(36)28-25(39-3)14-9-15-26(28)40-4/h5-18H,1-4H3,(H,31,35)(H,32,36). The van der Waals surface area contributed by atoms with Crippen molar-refractivity contribution in [2.75, 3.05) is 39.1 Å². The third kappa shape index (κ3) is 6.18. The quantitative estimate of drug-likeness (QED) is 0.218. The van der Waals surface area contributed by atoms with Gasteiger partial charge in [-0.05, 0) is 54.6 Å². The second-order valence-electron chi connectivity index (χ2n) is 8.25. The maximum Gasteiger partial charge on any atom is 0.263 e. The molecule has 0 saturated heterocycles. The van der Waals surface area contributed by atoms with Crippen molar-refractivity contribution in [2.45, 2.75) is 0 Å². The molecule has 4 aromatic rings. The van der Waals surface area contributed by atoms with Crippen molar-refractivity contribution in [1.29, 1.82) is 0 Å². The van der Waals surface area contributed by atoms with Crippen LogP contribution in [0.5, 0.6) is 23.0 Å². The van der Waals surface area contributed by atoms with Gasteiger partial charge in [-0.3, -0.25) is 9.59 Å². The van der Waals surface area contributed by atoms with E-state index in [0.29, 0.717) is 45.7 Å². The SMILES string of the molecule is COc1cccc(OC)c1C(=O)Nc1ccc(N=Nc2ccccc2)c(NC(=O)c2c(OC)cccc2OC)c1. The van der Waals surface area contributed by atoms with Crippen LogP contribution in [-0.4, -0.2) is 40.3 Å². The average Bonchev–Trinajstić information content (AvgIpc) is 3.00. The summed E-state index contributed by atoms with van der Waals surface area (Å²) in [5.41, 5.74) is 2.10. The highest BCUT2D eigenvalue weighted by Gasteiger charge is 2.21. The van der Waals surface area contributed by atoms with Crippen LogP contribution in [0.15, 0.2) is 95.2 Å². The Labute approximate surface area is 231 Å². The summed E-state index contributed by atoms with van der Waals surface area (Å²) >= 11 is 0. The van der Waals surface area contributed by atoms with Gasteiger partial charge in [0.2, 0.25) is 0 Å². The molecule has 0 aliphatic carbocycles. The van der Waals surface area contributed by atoms with Gasteiger partial charge >= 0.3 is 0 Å². The van der Waals surface area contributed by atoms with Crippen molar-refractivity contribution >= 4 is 34.6 Å². The van der Waals surface area contributed by atoms with Crippen LogP contribution in [0.4, 0.5) is 22.7 Å². The molecule has 204 valence electrons. The predicted octanol–water partition coefficient (Wildman–Crippen LogP) is 6.64. The minimum atomic E-state index is -0.500. The van der Waals surface area contributed by atoms with Crippen molar-refractivity contribution in [3.8, 4) is 23.0 Å². The summed E-state index contributed by atoms with van der Waals surface area (Å²) in [6.07, 6.45) is 0. The van der Waals surface area contributed by atoms with E-state index in [1.165, 1.54) is 28.4 Å². The first-order chi connectivity index (χ1) is 19.5. The van der Waals surface area contributed by atoms with E-state index in [2.05, 4.69) is 20.9 Å². The molecule has 0 aliphatic heterocycles. The van der Waals surface area contributed by atoms with Crippen LogP contribution in [0.3, 0.4) is 0 Å². The molecule has 0 radical (unpaired) electrons. The highest BCUT2D eigenvalue weighted by Crippen LogP contribution is 2.35. The van der Waals surface area contributed by atoms with Gasteiger partial charge in [-0.15, -0.1) is 5.11 Å². The molecule has 2 N–H and O–H groups in total. The number of rotatable bonds is 10. The highest BCUT2D eigenvalue weighted by atomic mass is 16.5. The molecule has 40 heavy (non-hydrogen) atoms. The number of nitrogens with zero attached hydrogens (tertiary/aromatic N) is 2. The van der Waals surface area contributed by atoms with Crippen LogP contribution >= 0.6 is 0 Å². The number of azo groups is 1. The van der Waals surface area contributed by atoms with Crippen molar-refractivity contribution < 1.29 is 28.5 Å². The molecule has 0 aromatic heterocycles. The number of hydrogen-bond donors (Lipinski definition) is 2. The number of anilines is 2. The van der Waals surface area contributed by atoms with Crippen LogP contribution in [0, 0.1) is 0 Å². The molecule has 10 heteroatoms. The lowest BCUT2D eigenvalue weighted by molar-refractivity contribution is 0.101. The van der Waals surface area contributed by atoms with Crippen molar-refractivity contribution in [2.24, 2.45) is 10.2 Å². The summed E-state index contributed by atoms with van der Waals surface area (Å²) < 4.78 is 21.5. The van der Waals surface area contributed by atoms with Gasteiger partial charge < -0.3 is 29.6 Å². The highest BCUT2D eigenvalue weighted by molar-refractivity contribution is 6.11. The van der Waals surface area contributed by atoms with E-state index >= 15 is 0 Å². The topological polar surface area (TPSA) is 120 Å². The van der Waals surface area contributed by atoms with Crippen molar-refractivity contribution in [1.82, 2.24) is 0 Å². The Morgan fingerprint density at radius 2 is 1.07 bits per heavy atom. The van der Waals surface area contributed by atoms with Gasteiger partial charge in [-0.2, -0.15) is 5.11 Å². The summed E-state index contributed by atoms with van der Waals surface area (Å²) in [7, 11) is 5.87. The first-order valence-electron chi connectivity index (χ1n) is 12.1. The lowest BCUT2D eigenvalue weighted by Gasteiger charge is -2.16. The predicted molar refractivity (Wildman–Crippen MR) is 152 cm³/mol. The van der Waals surface area contributed by atoms with Crippen LogP contribution in [0.25, 0.3) is 0 Å². The summed E-state index contributed by atoms with van der Waals surface area (Å²) in [4.78, 5) is 26.7.